The van der Waals surface area contributed by atoms with Crippen molar-refractivity contribution in [3.63, 3.8) is 0 Å². The summed E-state index contributed by atoms with van der Waals surface area (Å²) in [7, 11) is 1.44. The molecule has 2 rings (SSSR count). The second-order valence-electron chi connectivity index (χ2n) is 7.45. The maximum absolute atomic E-state index is 12.9. The Bertz CT molecular complexity index is 766. The number of nitrogens with one attached hydrogen (secondary N) is 2. The van der Waals surface area contributed by atoms with Crippen molar-refractivity contribution in [1.82, 2.24) is 10.2 Å². The first-order valence-corrected chi connectivity index (χ1v) is 10.7. The van der Waals surface area contributed by atoms with Crippen molar-refractivity contribution in [3.8, 4) is 0 Å². The van der Waals surface area contributed by atoms with E-state index in [9.17, 15) is 19.2 Å². The van der Waals surface area contributed by atoms with E-state index >= 15 is 0 Å². The van der Waals surface area contributed by atoms with Gasteiger partial charge in [0.05, 0.1) is 11.1 Å². The third kappa shape index (κ3) is 5.89. The summed E-state index contributed by atoms with van der Waals surface area (Å²) in [6.45, 7) is 1.53. The number of benzene rings is 1. The van der Waals surface area contributed by atoms with Crippen LogP contribution >= 0.6 is 0 Å². The number of unbranched alkanes of at least 4 members (excludes halogenated alkanes) is 5. The summed E-state index contributed by atoms with van der Waals surface area (Å²) in [6.07, 6.45) is 7.62. The highest BCUT2D eigenvalue weighted by Crippen LogP contribution is 2.28. The van der Waals surface area contributed by atoms with Crippen molar-refractivity contribution in [3.05, 3.63) is 29.3 Å². The lowest BCUT2D eigenvalue weighted by atomic mass is 10.1. The highest BCUT2D eigenvalue weighted by atomic mass is 16.2. The summed E-state index contributed by atoms with van der Waals surface area (Å²) < 4.78 is 0. The molecule has 0 bridgehead atoms. The van der Waals surface area contributed by atoms with E-state index in [1.165, 1.54) is 26.3 Å². The van der Waals surface area contributed by atoms with E-state index in [1.54, 1.807) is 18.2 Å². The van der Waals surface area contributed by atoms with Crippen LogP contribution < -0.4 is 16.4 Å². The Kier molecular flexibility index (Phi) is 9.47. The summed E-state index contributed by atoms with van der Waals surface area (Å²) in [5.74, 6) is -1.47. The Hall–Kier alpha value is -2.74. The fraction of sp³-hybridized carbons (Fsp3) is 0.545. The number of carbonyl (C=O) groups is 4. The fourth-order valence-electron chi connectivity index (χ4n) is 3.63. The number of carbonyl (C=O) groups excluding carboxylic acids is 4. The number of fused-ring (bicyclic) bond motifs is 1. The summed E-state index contributed by atoms with van der Waals surface area (Å²) in [6, 6.07) is 4.06. The lowest BCUT2D eigenvalue weighted by molar-refractivity contribution is -0.124. The molecule has 0 fully saturated rings. The molecule has 4 N–H and O–H groups in total. The Morgan fingerprint density at radius 1 is 1.07 bits per heavy atom. The number of nitrogens with two attached hydrogens (primary N) is 1. The molecule has 3 amide bonds. The Balaban J connectivity index is 1.97. The summed E-state index contributed by atoms with van der Waals surface area (Å²) in [4.78, 5) is 49.6. The molecule has 0 saturated heterocycles. The lowest BCUT2D eigenvalue weighted by Gasteiger charge is -2.24. The van der Waals surface area contributed by atoms with Gasteiger partial charge in [-0.3, -0.25) is 19.3 Å². The maximum Gasteiger partial charge on any atom is 0.262 e. The molecule has 1 unspecified atom stereocenters. The van der Waals surface area contributed by atoms with E-state index in [0.717, 1.165) is 42.9 Å². The largest absolute Gasteiger partial charge is 0.385 e. The zero-order valence-electron chi connectivity index (χ0n) is 17.6. The summed E-state index contributed by atoms with van der Waals surface area (Å²) >= 11 is 0. The number of hydrogen-bond donors (Lipinski definition) is 3. The van der Waals surface area contributed by atoms with E-state index in [4.69, 9.17) is 5.73 Å². The molecule has 1 aliphatic heterocycles. The number of anilines is 1. The quantitative estimate of drug-likeness (QED) is 0.243. The van der Waals surface area contributed by atoms with Crippen LogP contribution in [-0.4, -0.2) is 55.1 Å². The van der Waals surface area contributed by atoms with Crippen LogP contribution in [0.1, 0.15) is 72.1 Å². The molecule has 1 aromatic carbocycles. The third-order valence-electron chi connectivity index (χ3n) is 5.30. The Labute approximate surface area is 177 Å². The van der Waals surface area contributed by atoms with Gasteiger partial charge in [-0.1, -0.05) is 25.7 Å². The Morgan fingerprint density at radius 3 is 2.40 bits per heavy atom. The van der Waals surface area contributed by atoms with Gasteiger partial charge in [0.25, 0.3) is 11.8 Å². The van der Waals surface area contributed by atoms with Crippen molar-refractivity contribution < 1.29 is 19.2 Å². The average Bonchev–Trinajstić information content (AvgIpc) is 3.00. The molecule has 1 aromatic rings. The molecule has 0 spiro atoms. The van der Waals surface area contributed by atoms with E-state index in [0.29, 0.717) is 6.29 Å². The highest BCUT2D eigenvalue weighted by Gasteiger charge is 2.42. The van der Waals surface area contributed by atoms with E-state index in [1.807, 2.05) is 0 Å². The van der Waals surface area contributed by atoms with Gasteiger partial charge in [0.15, 0.2) is 0 Å². The molecular weight excluding hydrogens is 384 g/mol. The SMILES string of the molecule is CNC(=O)C(CCC=O)N1C(=O)c2ccc(NCCCCCCCCN)cc2C1=O. The van der Waals surface area contributed by atoms with Gasteiger partial charge in [-0.15, -0.1) is 0 Å². The third-order valence-corrected chi connectivity index (χ3v) is 5.30. The smallest absolute Gasteiger partial charge is 0.262 e. The minimum atomic E-state index is -0.997. The molecule has 0 aromatic heterocycles. The normalized spacial score (nSPS) is 13.9. The van der Waals surface area contributed by atoms with Gasteiger partial charge in [-0.2, -0.15) is 0 Å². The predicted molar refractivity (Wildman–Crippen MR) is 115 cm³/mol. The van der Waals surface area contributed by atoms with Crippen molar-refractivity contribution >= 4 is 29.7 Å². The van der Waals surface area contributed by atoms with Gasteiger partial charge < -0.3 is 21.2 Å². The van der Waals surface area contributed by atoms with Crippen LogP contribution in [0.15, 0.2) is 18.2 Å². The van der Waals surface area contributed by atoms with Gasteiger partial charge in [0.2, 0.25) is 5.91 Å². The van der Waals surface area contributed by atoms with Crippen LogP contribution in [0.5, 0.6) is 0 Å². The van der Waals surface area contributed by atoms with E-state index in [2.05, 4.69) is 10.6 Å². The van der Waals surface area contributed by atoms with Crippen LogP contribution in [0.3, 0.4) is 0 Å². The first-order valence-electron chi connectivity index (χ1n) is 10.7. The number of amides is 3. The summed E-state index contributed by atoms with van der Waals surface area (Å²) in [5, 5.41) is 5.76. The van der Waals surface area contributed by atoms with Crippen molar-refractivity contribution in [1.29, 1.82) is 0 Å². The van der Waals surface area contributed by atoms with Crippen molar-refractivity contribution in [2.24, 2.45) is 5.73 Å². The highest BCUT2D eigenvalue weighted by molar-refractivity contribution is 6.23. The zero-order valence-corrected chi connectivity index (χ0v) is 17.6. The zero-order chi connectivity index (χ0) is 21.9. The first-order chi connectivity index (χ1) is 14.5. The number of rotatable bonds is 14. The van der Waals surface area contributed by atoms with Gasteiger partial charge in [0, 0.05) is 25.7 Å². The maximum atomic E-state index is 12.9. The lowest BCUT2D eigenvalue weighted by Crippen LogP contribution is -2.48. The molecule has 8 heteroatoms. The first kappa shape index (κ1) is 23.5. The molecule has 0 aliphatic carbocycles. The van der Waals surface area contributed by atoms with Crippen LogP contribution in [0.2, 0.25) is 0 Å². The van der Waals surface area contributed by atoms with Crippen LogP contribution in [0.4, 0.5) is 5.69 Å². The van der Waals surface area contributed by atoms with Crippen LogP contribution in [0.25, 0.3) is 0 Å². The monoisotopic (exact) mass is 416 g/mol. The second-order valence-corrected chi connectivity index (χ2v) is 7.45. The number of hydrogen-bond acceptors (Lipinski definition) is 6. The molecule has 164 valence electrons. The standard InChI is InChI=1S/C22H32N4O4/c1-24-20(28)19(9-8-14-27)26-21(29)17-11-10-16(15-18(17)22(26)30)25-13-7-5-3-2-4-6-12-23/h10-11,14-15,19,25H,2-9,12-13,23H2,1H3,(H,24,28). The number of aldehydes is 1. The average molecular weight is 417 g/mol. The molecule has 0 radical (unpaired) electrons. The summed E-state index contributed by atoms with van der Waals surface area (Å²) in [5.41, 5.74) is 6.82. The van der Waals surface area contributed by atoms with E-state index in [-0.39, 0.29) is 24.0 Å². The second kappa shape index (κ2) is 12.1. The van der Waals surface area contributed by atoms with Gasteiger partial charge in [-0.25, -0.2) is 0 Å². The number of likely N-dealkylation sites (N-methyl/N-ethyl adjacent to an activating group) is 1. The Morgan fingerprint density at radius 2 is 1.73 bits per heavy atom. The number of nitrogens with zero attached hydrogens (tertiary/aromatic N) is 1. The minimum Gasteiger partial charge on any atom is -0.385 e. The predicted octanol–water partition coefficient (Wildman–Crippen LogP) is 2.09. The van der Waals surface area contributed by atoms with Gasteiger partial charge in [0.1, 0.15) is 12.3 Å². The van der Waals surface area contributed by atoms with Crippen molar-refractivity contribution in [2.75, 3.05) is 25.5 Å². The molecule has 8 nitrogen and oxygen atoms in total. The molecule has 30 heavy (non-hydrogen) atoms. The van der Waals surface area contributed by atoms with Gasteiger partial charge in [-0.05, 0) is 44.0 Å². The fourth-order valence-corrected chi connectivity index (χ4v) is 3.63. The molecule has 0 saturated carbocycles. The number of imide groups is 1. The molecule has 1 aliphatic rings. The molecular formula is C22H32N4O4. The van der Waals surface area contributed by atoms with Gasteiger partial charge >= 0.3 is 0 Å². The van der Waals surface area contributed by atoms with E-state index < -0.39 is 23.8 Å². The van der Waals surface area contributed by atoms with Crippen LogP contribution in [-0.2, 0) is 9.59 Å². The molecule has 1 heterocycles. The minimum absolute atomic E-state index is 0.0878. The van der Waals surface area contributed by atoms with Crippen LogP contribution in [0, 0.1) is 0 Å². The topological polar surface area (TPSA) is 122 Å². The molecule has 1 atom stereocenters. The van der Waals surface area contributed by atoms with Crippen molar-refractivity contribution in [2.45, 2.75) is 57.4 Å².